The minimum Gasteiger partial charge on any atom is -0.468 e. The van der Waals surface area contributed by atoms with Crippen LogP contribution in [0, 0.1) is 17.2 Å². The molecule has 1 heterocycles. The average molecular weight is 555 g/mol. The maximum atomic E-state index is 14.1. The molecule has 1 aromatic heterocycles. The Hall–Kier alpha value is -3.44. The number of carbonyl (C=O) groups excluding carboxylic acids is 2. The maximum absolute atomic E-state index is 14.1. The molecule has 0 radical (unpaired) electrons. The van der Waals surface area contributed by atoms with E-state index in [-0.39, 0.29) is 30.5 Å². The number of sulfone groups is 1. The van der Waals surface area contributed by atoms with Crippen LogP contribution in [0.1, 0.15) is 31.2 Å². The van der Waals surface area contributed by atoms with Crippen LogP contribution in [-0.2, 0) is 41.6 Å². The Morgan fingerprint density at radius 3 is 2.53 bits per heavy atom. The molecule has 10 nitrogen and oxygen atoms in total. The van der Waals surface area contributed by atoms with Gasteiger partial charge in [0.15, 0.2) is 9.84 Å². The van der Waals surface area contributed by atoms with Gasteiger partial charge in [-0.25, -0.2) is 8.42 Å². The molecular formula is C24H25F3N4O6S. The highest BCUT2D eigenvalue weighted by Gasteiger charge is 2.51. The summed E-state index contributed by atoms with van der Waals surface area (Å²) in [6.07, 6.45) is -2.69. The summed E-state index contributed by atoms with van der Waals surface area (Å²) in [5.74, 6) is -2.08. The summed E-state index contributed by atoms with van der Waals surface area (Å²) in [6.45, 7) is -0.248. The number of methoxy groups -OCH3 is 2. The molecular weight excluding hydrogens is 529 g/mol. The van der Waals surface area contributed by atoms with Gasteiger partial charge in [-0.15, -0.1) is 0 Å². The molecule has 14 heteroatoms. The number of hydrogen-bond donors (Lipinski definition) is 1. The second kappa shape index (κ2) is 10.0. The summed E-state index contributed by atoms with van der Waals surface area (Å²) >= 11 is 0. The van der Waals surface area contributed by atoms with Crippen molar-refractivity contribution in [3.05, 3.63) is 36.2 Å². The van der Waals surface area contributed by atoms with Gasteiger partial charge >= 0.3 is 12.1 Å². The second-order valence-corrected chi connectivity index (χ2v) is 11.6. The van der Waals surface area contributed by atoms with Crippen molar-refractivity contribution in [1.29, 1.82) is 5.26 Å². The van der Waals surface area contributed by atoms with Gasteiger partial charge in [-0.2, -0.15) is 23.5 Å². The number of aromatic nitrogens is 2. The normalized spacial score (nSPS) is 22.5. The van der Waals surface area contributed by atoms with Gasteiger partial charge < -0.3 is 14.8 Å². The molecule has 0 saturated heterocycles. The molecule has 4 rings (SSSR count). The number of esters is 1. The average Bonchev–Trinajstić information content (AvgIpc) is 3.27. The van der Waals surface area contributed by atoms with Gasteiger partial charge in [0.05, 0.1) is 47.1 Å². The fraction of sp³-hybridized carbons (Fsp3) is 0.500. The van der Waals surface area contributed by atoms with E-state index >= 15 is 0 Å². The van der Waals surface area contributed by atoms with Gasteiger partial charge in [0.2, 0.25) is 5.91 Å². The van der Waals surface area contributed by atoms with Crippen LogP contribution >= 0.6 is 0 Å². The van der Waals surface area contributed by atoms with E-state index in [2.05, 4.69) is 15.2 Å². The lowest BCUT2D eigenvalue weighted by Gasteiger charge is -2.19. The zero-order chi connectivity index (χ0) is 27.9. The summed E-state index contributed by atoms with van der Waals surface area (Å²) < 4.78 is 80.3. The van der Waals surface area contributed by atoms with Gasteiger partial charge in [0, 0.05) is 18.9 Å². The monoisotopic (exact) mass is 554 g/mol. The number of halogens is 3. The van der Waals surface area contributed by atoms with Crippen molar-refractivity contribution in [3.63, 3.8) is 0 Å². The van der Waals surface area contributed by atoms with Gasteiger partial charge in [-0.3, -0.25) is 14.3 Å². The van der Waals surface area contributed by atoms with E-state index in [4.69, 9.17) is 4.74 Å². The molecule has 2 saturated carbocycles. The Labute approximate surface area is 216 Å². The largest absolute Gasteiger partial charge is 0.468 e. The molecule has 0 spiro atoms. The Bertz CT molecular complexity index is 1390. The predicted molar refractivity (Wildman–Crippen MR) is 125 cm³/mol. The molecule has 0 aliphatic heterocycles. The zero-order valence-corrected chi connectivity index (χ0v) is 21.3. The van der Waals surface area contributed by atoms with Crippen LogP contribution in [0.25, 0.3) is 11.1 Å². The van der Waals surface area contributed by atoms with E-state index in [9.17, 15) is 36.4 Å². The molecule has 38 heavy (non-hydrogen) atoms. The molecule has 1 amide bonds. The molecule has 1 N–H and O–H groups in total. The first kappa shape index (κ1) is 27.6. The number of rotatable bonds is 8. The molecule has 3 atom stereocenters. The molecule has 1 aromatic carbocycles. The van der Waals surface area contributed by atoms with Crippen molar-refractivity contribution in [3.8, 4) is 17.2 Å². The van der Waals surface area contributed by atoms with E-state index in [0.717, 1.165) is 12.1 Å². The second-order valence-electron chi connectivity index (χ2n) is 9.41. The molecule has 2 fully saturated rings. The van der Waals surface area contributed by atoms with Gasteiger partial charge in [-0.1, -0.05) is 6.07 Å². The number of nitrogens with zero attached hydrogens (tertiary/aromatic N) is 3. The topological polar surface area (TPSA) is 140 Å². The van der Waals surface area contributed by atoms with Crippen molar-refractivity contribution < 1.29 is 40.7 Å². The predicted octanol–water partition coefficient (Wildman–Crippen LogP) is 2.48. The number of nitriles is 1. The van der Waals surface area contributed by atoms with E-state index in [1.807, 2.05) is 6.07 Å². The van der Waals surface area contributed by atoms with Crippen LogP contribution < -0.4 is 5.32 Å². The standard InChI is InChI=1S/C24H25F3N4O6S/c1-36-19-9-16(8-17(19)22(33)30-23(13-28)5-6-23)38(34,35)20-4-3-14(7-18(20)24(25,26)27)15-10-29-31(11-15)12-21(32)37-2/h3-4,7,10-11,16-17,19H,5-6,8-9,12H2,1-2H3,(H,30,33)/t16-,17-,19-/m1/s1. The highest BCUT2D eigenvalue weighted by atomic mass is 32.2. The highest BCUT2D eigenvalue weighted by Crippen LogP contribution is 2.43. The van der Waals surface area contributed by atoms with Crippen LogP contribution in [0.5, 0.6) is 0 Å². The first-order valence-corrected chi connectivity index (χ1v) is 13.2. The Morgan fingerprint density at radius 2 is 1.95 bits per heavy atom. The SMILES string of the molecule is COC(=O)Cn1cc(-c2ccc(S(=O)(=O)[C@H]3C[C@@H](OC)[C@H](C(=O)NC4(C#N)CC4)C3)c(C(F)(F)F)c2)cn1. The van der Waals surface area contributed by atoms with E-state index in [1.165, 1.54) is 37.4 Å². The lowest BCUT2D eigenvalue weighted by atomic mass is 10.0. The number of ether oxygens (including phenoxy) is 2. The molecule has 2 aromatic rings. The highest BCUT2D eigenvalue weighted by molar-refractivity contribution is 7.92. The molecule has 0 bridgehead atoms. The van der Waals surface area contributed by atoms with E-state index in [1.54, 1.807) is 0 Å². The summed E-state index contributed by atoms with van der Waals surface area (Å²) in [4.78, 5) is 23.3. The summed E-state index contributed by atoms with van der Waals surface area (Å²) in [6, 6.07) is 4.88. The minimum atomic E-state index is -5.00. The van der Waals surface area contributed by atoms with Gasteiger partial charge in [0.1, 0.15) is 12.1 Å². The first-order chi connectivity index (χ1) is 17.8. The number of carbonyl (C=O) groups is 2. The van der Waals surface area contributed by atoms with Crippen molar-refractivity contribution in [1.82, 2.24) is 15.1 Å². The third kappa shape index (κ3) is 5.39. The van der Waals surface area contributed by atoms with E-state index < -0.39 is 61.2 Å². The number of benzene rings is 1. The van der Waals surface area contributed by atoms with Crippen LogP contribution in [0.2, 0.25) is 0 Å². The number of hydrogen-bond acceptors (Lipinski definition) is 8. The number of amides is 1. The lowest BCUT2D eigenvalue weighted by molar-refractivity contribution is -0.141. The van der Waals surface area contributed by atoms with Gasteiger partial charge in [-0.05, 0) is 43.4 Å². The van der Waals surface area contributed by atoms with Gasteiger partial charge in [0.25, 0.3) is 0 Å². The third-order valence-electron chi connectivity index (χ3n) is 6.94. The molecule has 204 valence electrons. The fourth-order valence-electron chi connectivity index (χ4n) is 4.62. The first-order valence-electron chi connectivity index (χ1n) is 11.6. The van der Waals surface area contributed by atoms with Crippen molar-refractivity contribution in [2.45, 2.75) is 60.2 Å². The minimum absolute atomic E-state index is 0.0528. The summed E-state index contributed by atoms with van der Waals surface area (Å²) in [5, 5.41) is 14.5. The molecule has 2 aliphatic rings. The maximum Gasteiger partial charge on any atom is 0.417 e. The van der Waals surface area contributed by atoms with Crippen molar-refractivity contribution >= 4 is 21.7 Å². The van der Waals surface area contributed by atoms with Crippen LogP contribution in [0.4, 0.5) is 13.2 Å². The van der Waals surface area contributed by atoms with Crippen molar-refractivity contribution in [2.75, 3.05) is 14.2 Å². The number of alkyl halides is 3. The Balaban J connectivity index is 1.63. The van der Waals surface area contributed by atoms with Crippen molar-refractivity contribution in [2.24, 2.45) is 5.92 Å². The fourth-order valence-corrected chi connectivity index (χ4v) is 6.62. The van der Waals surface area contributed by atoms with Crippen LogP contribution in [0.15, 0.2) is 35.5 Å². The lowest BCUT2D eigenvalue weighted by Crippen LogP contribution is -2.42. The van der Waals surface area contributed by atoms with Crippen LogP contribution in [-0.4, -0.2) is 61.2 Å². The smallest absolute Gasteiger partial charge is 0.417 e. The van der Waals surface area contributed by atoms with Crippen LogP contribution in [0.3, 0.4) is 0 Å². The molecule has 0 unspecified atom stereocenters. The number of nitrogens with one attached hydrogen (secondary N) is 1. The molecule has 2 aliphatic carbocycles. The Morgan fingerprint density at radius 1 is 1.24 bits per heavy atom. The summed E-state index contributed by atoms with van der Waals surface area (Å²) in [5.41, 5.74) is -2.03. The Kier molecular flexibility index (Phi) is 7.28. The summed E-state index contributed by atoms with van der Waals surface area (Å²) in [7, 11) is -2.05. The zero-order valence-electron chi connectivity index (χ0n) is 20.5. The van der Waals surface area contributed by atoms with E-state index in [0.29, 0.717) is 12.8 Å². The quantitative estimate of drug-likeness (QED) is 0.491. The third-order valence-corrected chi connectivity index (χ3v) is 9.17.